The van der Waals surface area contributed by atoms with Gasteiger partial charge in [0.25, 0.3) is 5.56 Å². The maximum Gasteiger partial charge on any atom is 0.262 e. The number of nitrogens with zero attached hydrogens (tertiary/aromatic N) is 4. The molecule has 2 heterocycles. The summed E-state index contributed by atoms with van der Waals surface area (Å²) in [4.78, 5) is 25.6. The molecule has 1 unspecified atom stereocenters. The highest BCUT2D eigenvalue weighted by molar-refractivity contribution is 7.98. The maximum absolute atomic E-state index is 13.2. The average Bonchev–Trinajstić information content (AvgIpc) is 3.26. The number of carbonyl (C=O) groups excluding carboxylic acids is 1. The van der Waals surface area contributed by atoms with Gasteiger partial charge in [0.15, 0.2) is 5.16 Å². The second-order valence-corrected chi connectivity index (χ2v) is 8.80. The number of hydrogen-bond acceptors (Lipinski definition) is 6. The number of aryl methyl sites for hydroxylation is 1. The Bertz CT molecular complexity index is 1350. The molecule has 0 aliphatic heterocycles. The van der Waals surface area contributed by atoms with E-state index in [2.05, 4.69) is 15.5 Å². The van der Waals surface area contributed by atoms with Gasteiger partial charge in [0, 0.05) is 24.8 Å². The summed E-state index contributed by atoms with van der Waals surface area (Å²) >= 11 is 1.53. The zero-order valence-electron chi connectivity index (χ0n) is 18.9. The molecule has 0 spiro atoms. The van der Waals surface area contributed by atoms with Crippen LogP contribution < -0.4 is 15.6 Å². The van der Waals surface area contributed by atoms with E-state index in [1.165, 1.54) is 11.8 Å². The molecule has 4 rings (SSSR count). The Balaban J connectivity index is 1.69. The number of hydrogen-bond donors (Lipinski definition) is 1. The molecule has 1 N–H and O–H groups in total. The Morgan fingerprint density at radius 1 is 1.18 bits per heavy atom. The summed E-state index contributed by atoms with van der Waals surface area (Å²) in [6.45, 7) is 4.21. The van der Waals surface area contributed by atoms with Crippen LogP contribution >= 0.6 is 11.8 Å². The third kappa shape index (κ3) is 4.88. The number of amides is 1. The van der Waals surface area contributed by atoms with E-state index < -0.39 is 0 Å². The van der Waals surface area contributed by atoms with E-state index >= 15 is 0 Å². The second-order valence-electron chi connectivity index (χ2n) is 7.86. The SMILES string of the molecule is CCC(C)NC(=O)CCn1c(=O)c2ccccc2n2c(SCc3cccc(OC)c3)nnc12. The van der Waals surface area contributed by atoms with Gasteiger partial charge in [-0.05, 0) is 43.2 Å². The maximum atomic E-state index is 13.2. The van der Waals surface area contributed by atoms with Crippen molar-refractivity contribution < 1.29 is 9.53 Å². The van der Waals surface area contributed by atoms with E-state index in [1.807, 2.05) is 60.7 Å². The van der Waals surface area contributed by atoms with Gasteiger partial charge in [0.2, 0.25) is 11.7 Å². The number of fused-ring (bicyclic) bond motifs is 3. The molecular weight excluding hydrogens is 438 g/mol. The van der Waals surface area contributed by atoms with Gasteiger partial charge in [-0.1, -0.05) is 43.0 Å². The number of ether oxygens (including phenoxy) is 1. The summed E-state index contributed by atoms with van der Waals surface area (Å²) in [6, 6.07) is 15.4. The molecule has 0 radical (unpaired) electrons. The normalized spacial score (nSPS) is 12.2. The smallest absolute Gasteiger partial charge is 0.262 e. The van der Waals surface area contributed by atoms with Gasteiger partial charge in [-0.25, -0.2) is 0 Å². The molecule has 1 atom stereocenters. The zero-order valence-corrected chi connectivity index (χ0v) is 19.8. The van der Waals surface area contributed by atoms with Crippen molar-refractivity contribution in [3.8, 4) is 5.75 Å². The van der Waals surface area contributed by atoms with Crippen LogP contribution in [0.3, 0.4) is 0 Å². The van der Waals surface area contributed by atoms with Crippen LogP contribution in [0.4, 0.5) is 0 Å². The largest absolute Gasteiger partial charge is 0.497 e. The molecule has 2 aromatic carbocycles. The number of nitrogens with one attached hydrogen (secondary N) is 1. The van der Waals surface area contributed by atoms with Crippen LogP contribution in [-0.4, -0.2) is 38.2 Å². The van der Waals surface area contributed by atoms with Gasteiger partial charge in [0.05, 0.1) is 18.0 Å². The lowest BCUT2D eigenvalue weighted by Gasteiger charge is -2.13. The fraction of sp³-hybridized carbons (Fsp3) is 0.333. The van der Waals surface area contributed by atoms with Crippen LogP contribution in [-0.2, 0) is 17.1 Å². The Morgan fingerprint density at radius 2 is 2.00 bits per heavy atom. The first-order valence-corrected chi connectivity index (χ1v) is 11.9. The minimum absolute atomic E-state index is 0.0882. The first kappa shape index (κ1) is 22.8. The molecule has 172 valence electrons. The molecule has 1 amide bonds. The molecule has 8 nitrogen and oxygen atoms in total. The summed E-state index contributed by atoms with van der Waals surface area (Å²) in [5.41, 5.74) is 1.66. The minimum atomic E-state index is -0.175. The highest BCUT2D eigenvalue weighted by Gasteiger charge is 2.18. The Labute approximate surface area is 196 Å². The van der Waals surface area contributed by atoms with Crippen molar-refractivity contribution in [2.24, 2.45) is 0 Å². The predicted molar refractivity (Wildman–Crippen MR) is 130 cm³/mol. The zero-order chi connectivity index (χ0) is 23.4. The van der Waals surface area contributed by atoms with Crippen molar-refractivity contribution in [2.45, 2.75) is 50.2 Å². The van der Waals surface area contributed by atoms with E-state index in [0.29, 0.717) is 22.1 Å². The van der Waals surface area contributed by atoms with Gasteiger partial charge in [0.1, 0.15) is 5.75 Å². The fourth-order valence-corrected chi connectivity index (χ4v) is 4.48. The number of benzene rings is 2. The molecule has 0 saturated carbocycles. The number of rotatable bonds is 9. The van der Waals surface area contributed by atoms with E-state index in [0.717, 1.165) is 23.3 Å². The molecule has 0 aliphatic carbocycles. The molecule has 0 aliphatic rings. The molecule has 4 aromatic rings. The molecule has 2 aromatic heterocycles. The monoisotopic (exact) mass is 465 g/mol. The highest BCUT2D eigenvalue weighted by Crippen LogP contribution is 2.26. The van der Waals surface area contributed by atoms with Crippen molar-refractivity contribution in [3.05, 3.63) is 64.4 Å². The van der Waals surface area contributed by atoms with Gasteiger partial charge in [-0.3, -0.25) is 18.6 Å². The Kier molecular flexibility index (Phi) is 6.98. The van der Waals surface area contributed by atoms with Gasteiger partial charge < -0.3 is 10.1 Å². The summed E-state index contributed by atoms with van der Waals surface area (Å²) in [6.07, 6.45) is 1.04. The van der Waals surface area contributed by atoms with E-state index in [1.54, 1.807) is 17.7 Å². The van der Waals surface area contributed by atoms with Gasteiger partial charge in [-0.15, -0.1) is 10.2 Å². The van der Waals surface area contributed by atoms with Crippen molar-refractivity contribution in [1.82, 2.24) is 24.5 Å². The second kappa shape index (κ2) is 10.1. The highest BCUT2D eigenvalue weighted by atomic mass is 32.2. The number of methoxy groups -OCH3 is 1. The lowest BCUT2D eigenvalue weighted by atomic mass is 10.2. The first-order chi connectivity index (χ1) is 16.0. The van der Waals surface area contributed by atoms with Crippen LogP contribution in [0.1, 0.15) is 32.3 Å². The molecule has 9 heteroatoms. The number of carbonyl (C=O) groups is 1. The van der Waals surface area contributed by atoms with Gasteiger partial charge in [-0.2, -0.15) is 0 Å². The fourth-order valence-electron chi connectivity index (χ4n) is 3.60. The minimum Gasteiger partial charge on any atom is -0.497 e. The lowest BCUT2D eigenvalue weighted by molar-refractivity contribution is -0.121. The van der Waals surface area contributed by atoms with Crippen LogP contribution in [0.15, 0.2) is 58.5 Å². The summed E-state index contributed by atoms with van der Waals surface area (Å²) in [7, 11) is 1.65. The summed E-state index contributed by atoms with van der Waals surface area (Å²) in [5, 5.41) is 12.9. The predicted octanol–water partition coefficient (Wildman–Crippen LogP) is 3.65. The van der Waals surface area contributed by atoms with E-state index in [4.69, 9.17) is 4.74 Å². The van der Waals surface area contributed by atoms with Crippen LogP contribution in [0.2, 0.25) is 0 Å². The van der Waals surface area contributed by atoms with Crippen molar-refractivity contribution in [3.63, 3.8) is 0 Å². The molecule has 33 heavy (non-hydrogen) atoms. The van der Waals surface area contributed by atoms with E-state index in [-0.39, 0.29) is 30.5 Å². The summed E-state index contributed by atoms with van der Waals surface area (Å²) < 4.78 is 8.75. The van der Waals surface area contributed by atoms with Crippen molar-refractivity contribution >= 4 is 34.3 Å². The first-order valence-electron chi connectivity index (χ1n) is 10.9. The molecule has 0 bridgehead atoms. The average molecular weight is 466 g/mol. The third-order valence-corrected chi connectivity index (χ3v) is 6.56. The number of aromatic nitrogens is 4. The Hall–Kier alpha value is -3.33. The topological polar surface area (TPSA) is 90.5 Å². The van der Waals surface area contributed by atoms with Gasteiger partial charge >= 0.3 is 0 Å². The summed E-state index contributed by atoms with van der Waals surface area (Å²) in [5.74, 6) is 1.81. The number of para-hydroxylation sites is 1. The quantitative estimate of drug-likeness (QED) is 0.380. The lowest BCUT2D eigenvalue weighted by Crippen LogP contribution is -2.33. The Morgan fingerprint density at radius 3 is 2.79 bits per heavy atom. The molecule has 0 fully saturated rings. The molecule has 0 saturated heterocycles. The van der Waals surface area contributed by atoms with Crippen LogP contribution in [0, 0.1) is 0 Å². The van der Waals surface area contributed by atoms with Crippen molar-refractivity contribution in [2.75, 3.05) is 7.11 Å². The number of thioether (sulfide) groups is 1. The van der Waals surface area contributed by atoms with Crippen LogP contribution in [0.5, 0.6) is 5.75 Å². The standard InChI is InChI=1S/C24H27N5O3S/c1-4-16(2)25-21(30)12-13-28-22(31)19-10-5-6-11-20(19)29-23(28)26-27-24(29)33-15-17-8-7-9-18(14-17)32-3/h5-11,14,16H,4,12-13,15H2,1-3H3,(H,25,30). The van der Waals surface area contributed by atoms with Crippen molar-refractivity contribution in [1.29, 1.82) is 0 Å². The van der Waals surface area contributed by atoms with E-state index in [9.17, 15) is 9.59 Å². The van der Waals surface area contributed by atoms with Crippen LogP contribution in [0.25, 0.3) is 16.7 Å². The third-order valence-electron chi connectivity index (χ3n) is 5.56. The molecular formula is C24H27N5O3S.